The summed E-state index contributed by atoms with van der Waals surface area (Å²) in [7, 11) is 0. The topological polar surface area (TPSA) is 53.4 Å². The van der Waals surface area contributed by atoms with Gasteiger partial charge in [0, 0.05) is 29.9 Å². The highest BCUT2D eigenvalue weighted by Crippen LogP contribution is 2.48. The Morgan fingerprint density at radius 2 is 1.87 bits per heavy atom. The molecule has 2 heterocycles. The third-order valence-corrected chi connectivity index (χ3v) is 6.03. The van der Waals surface area contributed by atoms with E-state index in [1.54, 1.807) is 0 Å². The molecule has 0 unspecified atom stereocenters. The number of hydrogen-bond donors (Lipinski definition) is 0. The number of carbonyl (C=O) groups excluding carboxylic acids is 1. The molecule has 2 aliphatic rings. The summed E-state index contributed by atoms with van der Waals surface area (Å²) in [4.78, 5) is 13.0. The molecular weight excluding hydrogens is 388 g/mol. The molecular formula is C26H26N2O3. The lowest BCUT2D eigenvalue weighted by atomic mass is 9.77. The van der Waals surface area contributed by atoms with E-state index in [0.717, 1.165) is 58.2 Å². The number of aromatic nitrogens is 2. The summed E-state index contributed by atoms with van der Waals surface area (Å²) in [5, 5.41) is 4.82. The lowest BCUT2D eigenvalue weighted by Crippen LogP contribution is -2.26. The van der Waals surface area contributed by atoms with Crippen LogP contribution in [-0.2, 0) is 11.3 Å². The Kier molecular flexibility index (Phi) is 5.10. The molecule has 1 atom stereocenters. The summed E-state index contributed by atoms with van der Waals surface area (Å²) in [6, 6.07) is 18.3. The fraction of sp³-hybridized carbons (Fsp3) is 0.308. The van der Waals surface area contributed by atoms with Crippen molar-refractivity contribution in [3.8, 4) is 11.6 Å². The minimum Gasteiger partial charge on any atom is -0.494 e. The smallest absolute Gasteiger partial charge is 0.222 e. The van der Waals surface area contributed by atoms with Gasteiger partial charge in [-0.1, -0.05) is 42.5 Å². The van der Waals surface area contributed by atoms with Crippen molar-refractivity contribution in [2.45, 2.75) is 45.6 Å². The van der Waals surface area contributed by atoms with Gasteiger partial charge in [-0.25, -0.2) is 4.68 Å². The second-order valence-corrected chi connectivity index (χ2v) is 8.10. The van der Waals surface area contributed by atoms with E-state index in [-0.39, 0.29) is 11.7 Å². The molecule has 1 aliphatic heterocycles. The number of ketones is 1. The highest BCUT2D eigenvalue weighted by Gasteiger charge is 2.40. The molecule has 3 aromatic rings. The van der Waals surface area contributed by atoms with Crippen LogP contribution >= 0.6 is 0 Å². The summed E-state index contributed by atoms with van der Waals surface area (Å²) < 4.78 is 13.9. The second-order valence-electron chi connectivity index (χ2n) is 8.10. The molecule has 5 nitrogen and oxygen atoms in total. The Morgan fingerprint density at radius 1 is 1.10 bits per heavy atom. The number of nitrogens with zero attached hydrogens (tertiary/aromatic N) is 2. The van der Waals surface area contributed by atoms with Gasteiger partial charge in [-0.05, 0) is 43.5 Å². The van der Waals surface area contributed by atoms with Crippen molar-refractivity contribution in [2.75, 3.05) is 6.61 Å². The van der Waals surface area contributed by atoms with Crippen molar-refractivity contribution in [1.29, 1.82) is 0 Å². The van der Waals surface area contributed by atoms with Crippen LogP contribution in [0.5, 0.6) is 11.6 Å². The Hall–Kier alpha value is -3.34. The number of benzene rings is 2. The predicted molar refractivity (Wildman–Crippen MR) is 118 cm³/mol. The van der Waals surface area contributed by atoms with Crippen LogP contribution in [0, 0.1) is 6.92 Å². The first-order chi connectivity index (χ1) is 15.2. The highest BCUT2D eigenvalue weighted by atomic mass is 16.5. The molecule has 1 aromatic heterocycles. The number of ether oxygens (including phenoxy) is 2. The van der Waals surface area contributed by atoms with E-state index in [1.165, 1.54) is 0 Å². The number of Topliss-reactive ketones (excluding diaryl/α,β-unsaturated/α-hetero) is 1. The first-order valence-electron chi connectivity index (χ1n) is 10.9. The average molecular weight is 415 g/mol. The summed E-state index contributed by atoms with van der Waals surface area (Å²) >= 11 is 0. The van der Waals surface area contributed by atoms with Crippen LogP contribution in [0.1, 0.15) is 54.5 Å². The van der Waals surface area contributed by atoms with Gasteiger partial charge in [0.1, 0.15) is 11.5 Å². The van der Waals surface area contributed by atoms with E-state index in [0.29, 0.717) is 19.6 Å². The van der Waals surface area contributed by atoms with E-state index in [4.69, 9.17) is 14.6 Å². The van der Waals surface area contributed by atoms with Gasteiger partial charge in [-0.15, -0.1) is 0 Å². The van der Waals surface area contributed by atoms with Crippen LogP contribution in [0.4, 0.5) is 0 Å². The van der Waals surface area contributed by atoms with Crippen molar-refractivity contribution in [1.82, 2.24) is 9.78 Å². The molecule has 5 heteroatoms. The van der Waals surface area contributed by atoms with Crippen molar-refractivity contribution in [3.63, 3.8) is 0 Å². The number of aryl methyl sites for hydroxylation is 1. The zero-order chi connectivity index (χ0) is 21.4. The zero-order valence-corrected chi connectivity index (χ0v) is 17.9. The predicted octanol–water partition coefficient (Wildman–Crippen LogP) is 5.17. The van der Waals surface area contributed by atoms with Crippen LogP contribution < -0.4 is 9.47 Å². The standard InChI is InChI=1S/C26H26N2O3/c1-3-30-20-14-12-19(13-15-20)24-23-17(2)27-28(16-18-8-5-4-6-9-18)26(23)31-22-11-7-10-21(29)25(22)24/h4-6,8-9,12-15,24H,3,7,10-11,16H2,1-2H3/t24-/m1/s1. The quantitative estimate of drug-likeness (QED) is 0.578. The summed E-state index contributed by atoms with van der Waals surface area (Å²) in [6.07, 6.45) is 2.18. The monoisotopic (exact) mass is 414 g/mol. The van der Waals surface area contributed by atoms with Gasteiger partial charge in [0.25, 0.3) is 0 Å². The molecule has 2 aromatic carbocycles. The van der Waals surface area contributed by atoms with Gasteiger partial charge < -0.3 is 9.47 Å². The summed E-state index contributed by atoms with van der Waals surface area (Å²) in [5.41, 5.74) is 4.92. The van der Waals surface area contributed by atoms with Crippen molar-refractivity contribution in [3.05, 3.63) is 88.3 Å². The SMILES string of the molecule is CCOc1ccc([C@H]2C3=C(CCCC3=O)Oc3c2c(C)nn3Cc2ccccc2)cc1. The van der Waals surface area contributed by atoms with Gasteiger partial charge in [0.05, 0.1) is 18.8 Å². The van der Waals surface area contributed by atoms with Crippen molar-refractivity contribution >= 4 is 5.78 Å². The van der Waals surface area contributed by atoms with E-state index >= 15 is 0 Å². The number of rotatable bonds is 5. The lowest BCUT2D eigenvalue weighted by molar-refractivity contribution is -0.116. The first kappa shape index (κ1) is 19.6. The van der Waals surface area contributed by atoms with Crippen LogP contribution in [0.15, 0.2) is 65.9 Å². The molecule has 0 saturated heterocycles. The Balaban J connectivity index is 1.62. The van der Waals surface area contributed by atoms with Crippen molar-refractivity contribution < 1.29 is 14.3 Å². The third-order valence-electron chi connectivity index (χ3n) is 6.03. The molecule has 31 heavy (non-hydrogen) atoms. The van der Waals surface area contributed by atoms with Crippen LogP contribution in [0.3, 0.4) is 0 Å². The molecule has 0 radical (unpaired) electrons. The van der Waals surface area contributed by atoms with E-state index in [1.807, 2.05) is 48.9 Å². The molecule has 0 spiro atoms. The van der Waals surface area contributed by atoms with Gasteiger partial charge in [0.2, 0.25) is 5.88 Å². The highest BCUT2D eigenvalue weighted by molar-refractivity contribution is 5.99. The van der Waals surface area contributed by atoms with E-state index in [2.05, 4.69) is 24.3 Å². The van der Waals surface area contributed by atoms with E-state index in [9.17, 15) is 4.79 Å². The maximum Gasteiger partial charge on any atom is 0.222 e. The Morgan fingerprint density at radius 3 is 2.61 bits per heavy atom. The summed E-state index contributed by atoms with van der Waals surface area (Å²) in [6.45, 7) is 5.23. The fourth-order valence-electron chi connectivity index (χ4n) is 4.66. The number of carbonyl (C=O) groups is 1. The van der Waals surface area contributed by atoms with Crippen LogP contribution in [0.2, 0.25) is 0 Å². The largest absolute Gasteiger partial charge is 0.494 e. The average Bonchev–Trinajstić information content (AvgIpc) is 3.09. The molecule has 0 amide bonds. The van der Waals surface area contributed by atoms with Gasteiger partial charge in [-0.3, -0.25) is 4.79 Å². The first-order valence-corrected chi connectivity index (χ1v) is 10.9. The van der Waals surface area contributed by atoms with Crippen LogP contribution in [0.25, 0.3) is 0 Å². The molecule has 0 bridgehead atoms. The molecule has 0 fully saturated rings. The van der Waals surface area contributed by atoms with Gasteiger partial charge in [0.15, 0.2) is 5.78 Å². The van der Waals surface area contributed by atoms with Gasteiger partial charge in [-0.2, -0.15) is 5.10 Å². The number of fused-ring (bicyclic) bond motifs is 1. The van der Waals surface area contributed by atoms with Crippen molar-refractivity contribution in [2.24, 2.45) is 0 Å². The minimum atomic E-state index is -0.160. The molecule has 5 rings (SSSR count). The normalized spacial score (nSPS) is 17.7. The molecule has 0 N–H and O–H groups in total. The molecule has 0 saturated carbocycles. The minimum absolute atomic E-state index is 0.160. The molecule has 1 aliphatic carbocycles. The lowest BCUT2D eigenvalue weighted by Gasteiger charge is -2.31. The van der Waals surface area contributed by atoms with E-state index < -0.39 is 0 Å². The maximum atomic E-state index is 13.0. The maximum absolute atomic E-state index is 13.0. The Bertz CT molecular complexity index is 1140. The molecule has 158 valence electrons. The Labute approximate surface area is 182 Å². The fourth-order valence-corrected chi connectivity index (χ4v) is 4.66. The van der Waals surface area contributed by atoms with Crippen LogP contribution in [-0.4, -0.2) is 22.2 Å². The number of hydrogen-bond acceptors (Lipinski definition) is 4. The third kappa shape index (κ3) is 3.54. The zero-order valence-electron chi connectivity index (χ0n) is 17.9. The summed E-state index contributed by atoms with van der Waals surface area (Å²) in [5.74, 6) is 2.41. The number of allylic oxidation sites excluding steroid dienone is 2. The van der Waals surface area contributed by atoms with Gasteiger partial charge >= 0.3 is 0 Å². The second kappa shape index (κ2) is 8.06.